The topological polar surface area (TPSA) is 29.3 Å². The maximum atomic E-state index is 5.61. The molecule has 0 bridgehead atoms. The molecule has 2 rings (SSSR count). The molecule has 0 aromatic heterocycles. The molecule has 0 unspecified atom stereocenters. The minimum absolute atomic E-state index is 0.606. The first-order valence-corrected chi connectivity index (χ1v) is 6.24. The highest BCUT2D eigenvalue weighted by Crippen LogP contribution is 2.21. The highest BCUT2D eigenvalue weighted by molar-refractivity contribution is 5.54. The Morgan fingerprint density at radius 2 is 1.50 bits per heavy atom. The summed E-state index contributed by atoms with van der Waals surface area (Å²) >= 11 is 0. The quantitative estimate of drug-likeness (QED) is 0.890. The van der Waals surface area contributed by atoms with Gasteiger partial charge in [-0.2, -0.15) is 0 Å². The minimum Gasteiger partial charge on any atom is -0.377 e. The van der Waals surface area contributed by atoms with Crippen molar-refractivity contribution in [2.24, 2.45) is 5.73 Å². The molecule has 2 aromatic rings. The summed E-state index contributed by atoms with van der Waals surface area (Å²) in [5, 5.41) is 0. The Labute approximate surface area is 109 Å². The van der Waals surface area contributed by atoms with E-state index in [1.165, 1.54) is 22.4 Å². The molecule has 0 spiro atoms. The number of para-hydroxylation sites is 1. The van der Waals surface area contributed by atoms with Crippen LogP contribution in [-0.2, 0) is 13.0 Å². The number of hydrogen-bond acceptors (Lipinski definition) is 2. The fourth-order valence-corrected chi connectivity index (χ4v) is 2.11. The monoisotopic (exact) mass is 240 g/mol. The molecule has 0 saturated heterocycles. The van der Waals surface area contributed by atoms with Gasteiger partial charge in [0.2, 0.25) is 0 Å². The Morgan fingerprint density at radius 3 is 2.11 bits per heavy atom. The molecule has 0 saturated carbocycles. The van der Waals surface area contributed by atoms with Gasteiger partial charge in [0.1, 0.15) is 0 Å². The molecule has 0 aliphatic carbocycles. The van der Waals surface area contributed by atoms with Gasteiger partial charge in [-0.05, 0) is 29.2 Å². The maximum Gasteiger partial charge on any atom is 0.0396 e. The van der Waals surface area contributed by atoms with Gasteiger partial charge in [0.25, 0.3) is 0 Å². The molecule has 2 nitrogen and oxygen atoms in total. The van der Waals surface area contributed by atoms with E-state index in [1.54, 1.807) is 0 Å². The Hall–Kier alpha value is -1.80. The fourth-order valence-electron chi connectivity index (χ4n) is 2.11. The number of hydrogen-bond donors (Lipinski definition) is 1. The molecule has 18 heavy (non-hydrogen) atoms. The summed E-state index contributed by atoms with van der Waals surface area (Å²) < 4.78 is 0. The lowest BCUT2D eigenvalue weighted by Gasteiger charge is -2.17. The largest absolute Gasteiger partial charge is 0.377 e. The van der Waals surface area contributed by atoms with Gasteiger partial charge < -0.3 is 10.6 Å². The van der Waals surface area contributed by atoms with Crippen LogP contribution in [0.15, 0.2) is 48.5 Å². The van der Waals surface area contributed by atoms with E-state index in [9.17, 15) is 0 Å². The first kappa shape index (κ1) is 12.7. The summed E-state index contributed by atoms with van der Waals surface area (Å²) in [4.78, 5) is 2.16. The van der Waals surface area contributed by atoms with E-state index in [4.69, 9.17) is 5.73 Å². The molecule has 2 N–H and O–H groups in total. The third kappa shape index (κ3) is 2.90. The SMILES string of the molecule is CN(C)c1ccccc1Cc1ccc(CN)cc1. The molecule has 94 valence electrons. The summed E-state index contributed by atoms with van der Waals surface area (Å²) in [5.74, 6) is 0. The molecule has 0 atom stereocenters. The number of anilines is 1. The van der Waals surface area contributed by atoms with Crippen LogP contribution in [0.1, 0.15) is 16.7 Å². The van der Waals surface area contributed by atoms with Crippen LogP contribution in [0.25, 0.3) is 0 Å². The van der Waals surface area contributed by atoms with Crippen LogP contribution in [0.2, 0.25) is 0 Å². The van der Waals surface area contributed by atoms with Crippen molar-refractivity contribution in [3.05, 3.63) is 65.2 Å². The Kier molecular flexibility index (Phi) is 4.00. The number of rotatable bonds is 4. The fraction of sp³-hybridized carbons (Fsp3) is 0.250. The van der Waals surface area contributed by atoms with E-state index >= 15 is 0 Å². The molecule has 0 aliphatic heterocycles. The van der Waals surface area contributed by atoms with Crippen molar-refractivity contribution >= 4 is 5.69 Å². The molecule has 0 radical (unpaired) electrons. The van der Waals surface area contributed by atoms with Gasteiger partial charge in [0.15, 0.2) is 0 Å². The molecular formula is C16H20N2. The second-order valence-electron chi connectivity index (χ2n) is 4.72. The van der Waals surface area contributed by atoms with Crippen LogP contribution >= 0.6 is 0 Å². The lowest BCUT2D eigenvalue weighted by molar-refractivity contribution is 1.05. The first-order valence-electron chi connectivity index (χ1n) is 6.24. The van der Waals surface area contributed by atoms with Gasteiger partial charge in [0.05, 0.1) is 0 Å². The molecule has 2 heteroatoms. The van der Waals surface area contributed by atoms with E-state index < -0.39 is 0 Å². The van der Waals surface area contributed by atoms with E-state index in [2.05, 4.69) is 67.5 Å². The van der Waals surface area contributed by atoms with E-state index in [0.29, 0.717) is 6.54 Å². The standard InChI is InChI=1S/C16H20N2/c1-18(2)16-6-4-3-5-15(16)11-13-7-9-14(12-17)10-8-13/h3-10H,11-12,17H2,1-2H3. The van der Waals surface area contributed by atoms with Crippen LogP contribution in [0, 0.1) is 0 Å². The first-order chi connectivity index (χ1) is 8.70. The molecule has 0 fully saturated rings. The summed E-state index contributed by atoms with van der Waals surface area (Å²) in [6, 6.07) is 17.0. The van der Waals surface area contributed by atoms with E-state index in [0.717, 1.165) is 6.42 Å². The van der Waals surface area contributed by atoms with Crippen molar-refractivity contribution in [1.82, 2.24) is 0 Å². The zero-order valence-electron chi connectivity index (χ0n) is 11.1. The summed E-state index contributed by atoms with van der Waals surface area (Å²) in [7, 11) is 4.16. The zero-order valence-corrected chi connectivity index (χ0v) is 11.1. The maximum absolute atomic E-state index is 5.61. The third-order valence-electron chi connectivity index (χ3n) is 3.13. The lowest BCUT2D eigenvalue weighted by atomic mass is 10.0. The van der Waals surface area contributed by atoms with Crippen LogP contribution in [0.5, 0.6) is 0 Å². The van der Waals surface area contributed by atoms with Gasteiger partial charge >= 0.3 is 0 Å². The van der Waals surface area contributed by atoms with Crippen molar-refractivity contribution in [2.75, 3.05) is 19.0 Å². The van der Waals surface area contributed by atoms with Crippen LogP contribution in [0.3, 0.4) is 0 Å². The van der Waals surface area contributed by atoms with Crippen molar-refractivity contribution < 1.29 is 0 Å². The Morgan fingerprint density at radius 1 is 0.889 bits per heavy atom. The molecule has 0 amide bonds. The van der Waals surface area contributed by atoms with Crippen molar-refractivity contribution in [3.63, 3.8) is 0 Å². The van der Waals surface area contributed by atoms with Crippen LogP contribution in [0.4, 0.5) is 5.69 Å². The average molecular weight is 240 g/mol. The van der Waals surface area contributed by atoms with Gasteiger partial charge in [-0.15, -0.1) is 0 Å². The Balaban J connectivity index is 2.22. The third-order valence-corrected chi connectivity index (χ3v) is 3.13. The lowest BCUT2D eigenvalue weighted by Crippen LogP contribution is -2.11. The van der Waals surface area contributed by atoms with E-state index in [-0.39, 0.29) is 0 Å². The number of benzene rings is 2. The smallest absolute Gasteiger partial charge is 0.0396 e. The highest BCUT2D eigenvalue weighted by atomic mass is 15.1. The predicted molar refractivity (Wildman–Crippen MR) is 77.9 cm³/mol. The zero-order chi connectivity index (χ0) is 13.0. The summed E-state index contributed by atoms with van der Waals surface area (Å²) in [6.07, 6.45) is 0.958. The molecule has 2 aromatic carbocycles. The highest BCUT2D eigenvalue weighted by Gasteiger charge is 2.04. The summed E-state index contributed by atoms with van der Waals surface area (Å²) in [5.41, 5.74) is 10.7. The Bertz CT molecular complexity index is 501. The number of nitrogens with zero attached hydrogens (tertiary/aromatic N) is 1. The van der Waals surface area contributed by atoms with Crippen molar-refractivity contribution in [2.45, 2.75) is 13.0 Å². The molecule has 0 heterocycles. The normalized spacial score (nSPS) is 10.4. The van der Waals surface area contributed by atoms with Crippen molar-refractivity contribution in [3.8, 4) is 0 Å². The van der Waals surface area contributed by atoms with Gasteiger partial charge in [0, 0.05) is 26.3 Å². The number of nitrogens with two attached hydrogens (primary N) is 1. The average Bonchev–Trinajstić information content (AvgIpc) is 2.40. The predicted octanol–water partition coefficient (Wildman–Crippen LogP) is 2.80. The minimum atomic E-state index is 0.606. The van der Waals surface area contributed by atoms with E-state index in [1.807, 2.05) is 0 Å². The van der Waals surface area contributed by atoms with Crippen LogP contribution in [-0.4, -0.2) is 14.1 Å². The second-order valence-corrected chi connectivity index (χ2v) is 4.72. The van der Waals surface area contributed by atoms with Gasteiger partial charge in [-0.3, -0.25) is 0 Å². The van der Waals surface area contributed by atoms with Gasteiger partial charge in [-0.25, -0.2) is 0 Å². The molecule has 0 aliphatic rings. The van der Waals surface area contributed by atoms with Gasteiger partial charge in [-0.1, -0.05) is 42.5 Å². The van der Waals surface area contributed by atoms with Crippen LogP contribution < -0.4 is 10.6 Å². The molecular weight excluding hydrogens is 220 g/mol. The van der Waals surface area contributed by atoms with Crippen molar-refractivity contribution in [1.29, 1.82) is 0 Å². The summed E-state index contributed by atoms with van der Waals surface area (Å²) in [6.45, 7) is 0.606. The second kappa shape index (κ2) is 5.69.